The standard InChI is InChI=1S/C14H17NO3/c1-2-18-14(17)12-9-15(10-13(12)16)8-11-6-4-3-5-7-11/h3-7,12H,2,8-10H2,1H3/t12-/m1/s1. The lowest BCUT2D eigenvalue weighted by atomic mass is 10.1. The van der Waals surface area contributed by atoms with E-state index in [4.69, 9.17) is 4.74 Å². The molecule has 0 N–H and O–H groups in total. The lowest BCUT2D eigenvalue weighted by molar-refractivity contribution is -0.149. The average molecular weight is 247 g/mol. The molecule has 1 heterocycles. The van der Waals surface area contributed by atoms with E-state index in [1.807, 2.05) is 35.2 Å². The number of likely N-dealkylation sites (tertiary alicyclic amines) is 1. The molecule has 96 valence electrons. The average Bonchev–Trinajstić information content (AvgIpc) is 2.72. The minimum atomic E-state index is -0.603. The second-order valence-corrected chi connectivity index (χ2v) is 4.43. The molecular weight excluding hydrogens is 230 g/mol. The second-order valence-electron chi connectivity index (χ2n) is 4.43. The maximum Gasteiger partial charge on any atom is 0.317 e. The second kappa shape index (κ2) is 5.78. The van der Waals surface area contributed by atoms with Crippen molar-refractivity contribution in [1.82, 2.24) is 4.90 Å². The molecule has 0 radical (unpaired) electrons. The molecule has 1 aromatic carbocycles. The van der Waals surface area contributed by atoms with Crippen LogP contribution in [0.5, 0.6) is 0 Å². The SMILES string of the molecule is CCOC(=O)[C@@H]1CN(Cc2ccccc2)CC1=O. The van der Waals surface area contributed by atoms with Gasteiger partial charge in [-0.15, -0.1) is 0 Å². The molecule has 0 saturated carbocycles. The number of ether oxygens (including phenoxy) is 1. The Balaban J connectivity index is 1.94. The van der Waals surface area contributed by atoms with Gasteiger partial charge in [-0.3, -0.25) is 14.5 Å². The molecular formula is C14H17NO3. The summed E-state index contributed by atoms with van der Waals surface area (Å²) in [5.74, 6) is -1.03. The normalized spacial score (nSPS) is 20.1. The highest BCUT2D eigenvalue weighted by Gasteiger charge is 2.36. The summed E-state index contributed by atoms with van der Waals surface area (Å²) in [4.78, 5) is 25.3. The monoisotopic (exact) mass is 247 g/mol. The number of benzene rings is 1. The van der Waals surface area contributed by atoms with Gasteiger partial charge in [0.05, 0.1) is 13.2 Å². The van der Waals surface area contributed by atoms with E-state index in [2.05, 4.69) is 0 Å². The molecule has 0 spiro atoms. The first-order valence-corrected chi connectivity index (χ1v) is 6.16. The van der Waals surface area contributed by atoms with Crippen molar-refractivity contribution < 1.29 is 14.3 Å². The molecule has 2 rings (SSSR count). The van der Waals surface area contributed by atoms with Gasteiger partial charge in [-0.2, -0.15) is 0 Å². The largest absolute Gasteiger partial charge is 0.465 e. The first-order chi connectivity index (χ1) is 8.70. The first-order valence-electron chi connectivity index (χ1n) is 6.16. The Hall–Kier alpha value is -1.68. The third-order valence-electron chi connectivity index (χ3n) is 3.03. The van der Waals surface area contributed by atoms with Crippen LogP contribution < -0.4 is 0 Å². The van der Waals surface area contributed by atoms with Crippen LogP contribution in [0, 0.1) is 5.92 Å². The van der Waals surface area contributed by atoms with E-state index >= 15 is 0 Å². The van der Waals surface area contributed by atoms with Crippen molar-refractivity contribution in [3.63, 3.8) is 0 Å². The van der Waals surface area contributed by atoms with Crippen molar-refractivity contribution in [2.45, 2.75) is 13.5 Å². The summed E-state index contributed by atoms with van der Waals surface area (Å²) >= 11 is 0. The van der Waals surface area contributed by atoms with Crippen LogP contribution in [0.15, 0.2) is 30.3 Å². The van der Waals surface area contributed by atoms with E-state index in [0.717, 1.165) is 5.56 Å². The zero-order valence-corrected chi connectivity index (χ0v) is 10.5. The number of nitrogens with zero attached hydrogens (tertiary/aromatic N) is 1. The van der Waals surface area contributed by atoms with Crippen LogP contribution in [0.2, 0.25) is 0 Å². The fourth-order valence-electron chi connectivity index (χ4n) is 2.17. The Kier molecular flexibility index (Phi) is 4.10. The smallest absolute Gasteiger partial charge is 0.317 e. The molecule has 1 aromatic rings. The van der Waals surface area contributed by atoms with Crippen LogP contribution in [0.4, 0.5) is 0 Å². The third-order valence-corrected chi connectivity index (χ3v) is 3.03. The van der Waals surface area contributed by atoms with Crippen LogP contribution in [-0.2, 0) is 20.9 Å². The Morgan fingerprint density at radius 1 is 1.39 bits per heavy atom. The number of Topliss-reactive ketones (excluding diaryl/α,β-unsaturated/α-hetero) is 1. The highest BCUT2D eigenvalue weighted by molar-refractivity contribution is 6.01. The van der Waals surface area contributed by atoms with Crippen LogP contribution in [-0.4, -0.2) is 36.3 Å². The summed E-state index contributed by atoms with van der Waals surface area (Å²) in [6, 6.07) is 9.93. The minimum absolute atomic E-state index is 0.0376. The Labute approximate surface area is 107 Å². The molecule has 1 saturated heterocycles. The van der Waals surface area contributed by atoms with Crippen LogP contribution >= 0.6 is 0 Å². The molecule has 0 bridgehead atoms. The Morgan fingerprint density at radius 2 is 2.11 bits per heavy atom. The van der Waals surface area contributed by atoms with Crippen molar-refractivity contribution >= 4 is 11.8 Å². The predicted octanol–water partition coefficient (Wildman–Crippen LogP) is 1.25. The summed E-state index contributed by atoms with van der Waals surface area (Å²) in [6.45, 7) is 3.56. The lowest BCUT2D eigenvalue weighted by Gasteiger charge is -2.14. The summed E-state index contributed by atoms with van der Waals surface area (Å²) < 4.78 is 4.91. The van der Waals surface area contributed by atoms with Crippen LogP contribution in [0.25, 0.3) is 0 Å². The Bertz CT molecular complexity index is 430. The van der Waals surface area contributed by atoms with E-state index in [1.165, 1.54) is 0 Å². The number of ketones is 1. The van der Waals surface area contributed by atoms with Gasteiger partial charge < -0.3 is 4.74 Å². The molecule has 1 fully saturated rings. The van der Waals surface area contributed by atoms with Crippen LogP contribution in [0.3, 0.4) is 0 Å². The summed E-state index contributed by atoms with van der Waals surface area (Å²) in [5.41, 5.74) is 1.15. The summed E-state index contributed by atoms with van der Waals surface area (Å²) in [7, 11) is 0. The van der Waals surface area contributed by atoms with Gasteiger partial charge in [0, 0.05) is 13.1 Å². The molecule has 0 unspecified atom stereocenters. The van der Waals surface area contributed by atoms with Gasteiger partial charge in [-0.05, 0) is 12.5 Å². The van der Waals surface area contributed by atoms with Gasteiger partial charge in [0.15, 0.2) is 5.78 Å². The van der Waals surface area contributed by atoms with Gasteiger partial charge in [0.25, 0.3) is 0 Å². The quantitative estimate of drug-likeness (QED) is 0.593. The molecule has 1 aliphatic heterocycles. The minimum Gasteiger partial charge on any atom is -0.465 e. The van der Waals surface area contributed by atoms with E-state index < -0.39 is 11.9 Å². The molecule has 1 aliphatic rings. The van der Waals surface area contributed by atoms with Crippen molar-refractivity contribution in [2.75, 3.05) is 19.7 Å². The number of hydrogen-bond donors (Lipinski definition) is 0. The van der Waals surface area contributed by atoms with Gasteiger partial charge in [0.2, 0.25) is 0 Å². The van der Waals surface area contributed by atoms with Crippen molar-refractivity contribution in [2.24, 2.45) is 5.92 Å². The zero-order valence-electron chi connectivity index (χ0n) is 10.5. The zero-order chi connectivity index (χ0) is 13.0. The molecule has 0 aliphatic carbocycles. The highest BCUT2D eigenvalue weighted by Crippen LogP contribution is 2.17. The first kappa shape index (κ1) is 12.8. The fraction of sp³-hybridized carbons (Fsp3) is 0.429. The van der Waals surface area contributed by atoms with E-state index in [1.54, 1.807) is 6.92 Å². The van der Waals surface area contributed by atoms with E-state index in [0.29, 0.717) is 26.2 Å². The van der Waals surface area contributed by atoms with Gasteiger partial charge >= 0.3 is 5.97 Å². The van der Waals surface area contributed by atoms with Crippen LogP contribution in [0.1, 0.15) is 12.5 Å². The number of rotatable bonds is 4. The summed E-state index contributed by atoms with van der Waals surface area (Å²) in [6.07, 6.45) is 0. The molecule has 0 amide bonds. The Morgan fingerprint density at radius 3 is 2.78 bits per heavy atom. The lowest BCUT2D eigenvalue weighted by Crippen LogP contribution is -2.25. The maximum absolute atomic E-state index is 11.7. The third kappa shape index (κ3) is 2.96. The maximum atomic E-state index is 11.7. The van der Waals surface area contributed by atoms with E-state index in [-0.39, 0.29) is 5.78 Å². The molecule has 4 heteroatoms. The number of carbonyl (C=O) groups is 2. The number of carbonyl (C=O) groups excluding carboxylic acids is 2. The number of esters is 1. The van der Waals surface area contributed by atoms with Gasteiger partial charge in [0.1, 0.15) is 5.92 Å². The molecule has 4 nitrogen and oxygen atoms in total. The van der Waals surface area contributed by atoms with Gasteiger partial charge in [-0.25, -0.2) is 0 Å². The fourth-order valence-corrected chi connectivity index (χ4v) is 2.17. The molecule has 18 heavy (non-hydrogen) atoms. The summed E-state index contributed by atoms with van der Waals surface area (Å²) in [5, 5.41) is 0. The van der Waals surface area contributed by atoms with Gasteiger partial charge in [-0.1, -0.05) is 30.3 Å². The molecule has 1 atom stereocenters. The molecule has 0 aromatic heterocycles. The van der Waals surface area contributed by atoms with Crippen molar-refractivity contribution in [3.8, 4) is 0 Å². The number of hydrogen-bond acceptors (Lipinski definition) is 4. The van der Waals surface area contributed by atoms with Crippen molar-refractivity contribution in [1.29, 1.82) is 0 Å². The highest BCUT2D eigenvalue weighted by atomic mass is 16.5. The van der Waals surface area contributed by atoms with Crippen molar-refractivity contribution in [3.05, 3.63) is 35.9 Å². The van der Waals surface area contributed by atoms with E-state index in [9.17, 15) is 9.59 Å². The predicted molar refractivity (Wildman–Crippen MR) is 66.8 cm³/mol. The topological polar surface area (TPSA) is 46.6 Å².